The minimum atomic E-state index is -4.52. The fourth-order valence-electron chi connectivity index (χ4n) is 3.71. The van der Waals surface area contributed by atoms with Gasteiger partial charge in [-0.3, -0.25) is 9.78 Å². The van der Waals surface area contributed by atoms with Crippen LogP contribution in [0.3, 0.4) is 0 Å². The van der Waals surface area contributed by atoms with E-state index in [-0.39, 0.29) is 23.5 Å². The van der Waals surface area contributed by atoms with E-state index in [0.29, 0.717) is 28.5 Å². The van der Waals surface area contributed by atoms with E-state index in [1.165, 1.54) is 24.5 Å². The molecule has 0 amide bonds. The molecule has 3 aromatic carbocycles. The minimum absolute atomic E-state index is 0.0288. The van der Waals surface area contributed by atoms with Gasteiger partial charge >= 0.3 is 12.1 Å². The van der Waals surface area contributed by atoms with Gasteiger partial charge in [-0.1, -0.05) is 23.7 Å². The maximum absolute atomic E-state index is 13.4. The summed E-state index contributed by atoms with van der Waals surface area (Å²) in [5.41, 5.74) is 1.65. The first kappa shape index (κ1) is 26.0. The highest BCUT2D eigenvalue weighted by Gasteiger charge is 2.31. The van der Waals surface area contributed by atoms with Crippen LogP contribution >= 0.6 is 11.6 Å². The number of alkyl halides is 3. The van der Waals surface area contributed by atoms with E-state index in [4.69, 9.17) is 26.2 Å². The highest BCUT2D eigenvalue weighted by atomic mass is 35.5. The van der Waals surface area contributed by atoms with Gasteiger partial charge in [-0.15, -0.1) is 0 Å². The van der Waals surface area contributed by atoms with Crippen LogP contribution < -0.4 is 9.47 Å². The summed E-state index contributed by atoms with van der Waals surface area (Å²) in [4.78, 5) is 14.8. The maximum Gasteiger partial charge on any atom is 0.416 e. The van der Waals surface area contributed by atoms with Gasteiger partial charge in [0.2, 0.25) is 0 Å². The summed E-state index contributed by atoms with van der Waals surface area (Å²) in [7, 11) is 0. The van der Waals surface area contributed by atoms with Crippen molar-refractivity contribution in [2.75, 3.05) is 0 Å². The molecule has 0 spiro atoms. The van der Waals surface area contributed by atoms with E-state index in [0.717, 1.165) is 23.3 Å². The van der Waals surface area contributed by atoms with Gasteiger partial charge in [0.05, 0.1) is 5.56 Å². The fourth-order valence-corrected chi connectivity index (χ4v) is 3.93. The normalized spacial score (nSPS) is 11.3. The van der Waals surface area contributed by atoms with E-state index in [1.807, 2.05) is 6.92 Å². The summed E-state index contributed by atoms with van der Waals surface area (Å²) >= 11 is 6.28. The molecule has 9 heteroatoms. The Hall–Kier alpha value is -4.04. The van der Waals surface area contributed by atoms with E-state index < -0.39 is 17.7 Å². The molecule has 190 valence electrons. The van der Waals surface area contributed by atoms with Crippen molar-refractivity contribution in [1.82, 2.24) is 4.98 Å². The summed E-state index contributed by atoms with van der Waals surface area (Å²) < 4.78 is 52.0. The number of rotatable bonds is 8. The molecule has 0 unspecified atom stereocenters. The van der Waals surface area contributed by atoms with Crippen LogP contribution in [0.4, 0.5) is 13.2 Å². The Kier molecular flexibility index (Phi) is 7.69. The second-order valence-corrected chi connectivity index (χ2v) is 8.70. The van der Waals surface area contributed by atoms with Crippen LogP contribution in [-0.4, -0.2) is 16.1 Å². The predicted octanol–water partition coefficient (Wildman–Crippen LogP) is 8.33. The third-order valence-corrected chi connectivity index (χ3v) is 5.73. The molecule has 0 bridgehead atoms. The zero-order valence-electron chi connectivity index (χ0n) is 19.6. The van der Waals surface area contributed by atoms with Gasteiger partial charge in [0.15, 0.2) is 0 Å². The van der Waals surface area contributed by atoms with Crippen molar-refractivity contribution in [3.8, 4) is 34.1 Å². The van der Waals surface area contributed by atoms with Crippen molar-refractivity contribution in [3.05, 3.63) is 101 Å². The lowest BCUT2D eigenvalue weighted by atomic mass is 10.0. The van der Waals surface area contributed by atoms with Crippen molar-refractivity contribution in [1.29, 1.82) is 0 Å². The summed E-state index contributed by atoms with van der Waals surface area (Å²) in [5.74, 6) is 0.450. The number of ether oxygens (including phenoxy) is 2. The third kappa shape index (κ3) is 6.80. The number of nitrogens with zero attached hydrogens (tertiary/aromatic N) is 1. The van der Waals surface area contributed by atoms with Gasteiger partial charge in [-0.25, -0.2) is 0 Å². The van der Waals surface area contributed by atoms with Crippen LogP contribution in [0.15, 0.2) is 79.1 Å². The van der Waals surface area contributed by atoms with Gasteiger partial charge in [0.1, 0.15) is 23.0 Å². The van der Waals surface area contributed by atoms with Gasteiger partial charge in [0, 0.05) is 41.0 Å². The molecule has 0 fully saturated rings. The number of carboxylic acids is 1. The quantitative estimate of drug-likeness (QED) is 0.249. The summed E-state index contributed by atoms with van der Waals surface area (Å²) in [5, 5.41) is 9.20. The zero-order chi connectivity index (χ0) is 26.6. The van der Waals surface area contributed by atoms with Crippen LogP contribution in [0.2, 0.25) is 5.02 Å². The molecule has 37 heavy (non-hydrogen) atoms. The van der Waals surface area contributed by atoms with Crippen molar-refractivity contribution >= 4 is 17.6 Å². The molecule has 1 aromatic heterocycles. The molecule has 0 saturated heterocycles. The first-order valence-corrected chi connectivity index (χ1v) is 11.6. The van der Waals surface area contributed by atoms with Gasteiger partial charge in [-0.2, -0.15) is 13.2 Å². The summed E-state index contributed by atoms with van der Waals surface area (Å²) in [6.07, 6.45) is -1.10. The Balaban J connectivity index is 1.61. The minimum Gasteiger partial charge on any atom is -0.481 e. The lowest BCUT2D eigenvalue weighted by Gasteiger charge is -2.16. The Labute approximate surface area is 216 Å². The molecule has 1 heterocycles. The number of hydrogen-bond donors (Lipinski definition) is 1. The standard InChI is InChI=1S/C28H21ClF3NO4/c1-17-11-22(7-4-18(17)5-9-27(34)35)36-23-13-21(29)14-24(15-23)37-26-8-6-20(28(30,31)32)12-25(26)19-3-2-10-33-16-19/h2-4,6-8,10-16H,5,9H2,1H3,(H,34,35). The number of aromatic nitrogens is 1. The van der Waals surface area contributed by atoms with E-state index in [1.54, 1.807) is 42.5 Å². The Morgan fingerprint density at radius 3 is 2.38 bits per heavy atom. The predicted molar refractivity (Wildman–Crippen MR) is 133 cm³/mol. The molecule has 4 rings (SSSR count). The van der Waals surface area contributed by atoms with Crippen molar-refractivity contribution in [2.24, 2.45) is 0 Å². The number of benzene rings is 3. The topological polar surface area (TPSA) is 68.7 Å². The average molecular weight is 528 g/mol. The molecule has 0 radical (unpaired) electrons. The number of halogens is 4. The molecule has 0 aliphatic carbocycles. The van der Waals surface area contributed by atoms with Gasteiger partial charge < -0.3 is 14.6 Å². The summed E-state index contributed by atoms with van der Waals surface area (Å²) in [6, 6.07) is 16.5. The number of carbonyl (C=O) groups is 1. The van der Waals surface area contributed by atoms with E-state index in [9.17, 15) is 18.0 Å². The van der Waals surface area contributed by atoms with Crippen molar-refractivity contribution in [3.63, 3.8) is 0 Å². The van der Waals surface area contributed by atoms with E-state index >= 15 is 0 Å². The smallest absolute Gasteiger partial charge is 0.416 e. The highest BCUT2D eigenvalue weighted by Crippen LogP contribution is 2.40. The van der Waals surface area contributed by atoms with Crippen LogP contribution in [0.1, 0.15) is 23.1 Å². The number of aliphatic carboxylic acids is 1. The molecular formula is C28H21ClF3NO4. The second kappa shape index (κ2) is 10.9. The van der Waals surface area contributed by atoms with Crippen molar-refractivity contribution in [2.45, 2.75) is 25.9 Å². The fraction of sp³-hybridized carbons (Fsp3) is 0.143. The molecule has 1 N–H and O–H groups in total. The SMILES string of the molecule is Cc1cc(Oc2cc(Cl)cc(Oc3ccc(C(F)(F)F)cc3-c3cccnc3)c2)ccc1CCC(=O)O. The average Bonchev–Trinajstić information content (AvgIpc) is 2.83. The molecule has 4 aromatic rings. The third-order valence-electron chi connectivity index (χ3n) is 5.51. The Morgan fingerprint density at radius 2 is 1.73 bits per heavy atom. The Bertz CT molecular complexity index is 1430. The molecular weight excluding hydrogens is 507 g/mol. The second-order valence-electron chi connectivity index (χ2n) is 8.26. The number of aryl methyl sites for hydroxylation is 2. The van der Waals surface area contributed by atoms with Gasteiger partial charge in [0.25, 0.3) is 0 Å². The van der Waals surface area contributed by atoms with Crippen LogP contribution in [0.5, 0.6) is 23.0 Å². The van der Waals surface area contributed by atoms with Crippen molar-refractivity contribution < 1.29 is 32.5 Å². The maximum atomic E-state index is 13.4. The summed E-state index contributed by atoms with van der Waals surface area (Å²) in [6.45, 7) is 1.86. The number of pyridine rings is 1. The van der Waals surface area contributed by atoms with Gasteiger partial charge in [-0.05, 0) is 73.0 Å². The molecule has 0 saturated carbocycles. The lowest BCUT2D eigenvalue weighted by molar-refractivity contribution is -0.138. The highest BCUT2D eigenvalue weighted by molar-refractivity contribution is 6.30. The monoisotopic (exact) mass is 527 g/mol. The van der Waals surface area contributed by atoms with E-state index in [2.05, 4.69) is 4.98 Å². The van der Waals surface area contributed by atoms with Crippen LogP contribution in [-0.2, 0) is 17.4 Å². The van der Waals surface area contributed by atoms with Crippen LogP contribution in [0, 0.1) is 6.92 Å². The number of hydrogen-bond acceptors (Lipinski definition) is 4. The molecule has 0 aliphatic heterocycles. The first-order chi connectivity index (χ1) is 17.6. The zero-order valence-corrected chi connectivity index (χ0v) is 20.3. The van der Waals surface area contributed by atoms with Crippen LogP contribution in [0.25, 0.3) is 11.1 Å². The number of carboxylic acid groups (broad SMARTS) is 1. The first-order valence-electron chi connectivity index (χ1n) is 11.2. The Morgan fingerprint density at radius 1 is 0.973 bits per heavy atom. The molecule has 0 atom stereocenters. The lowest BCUT2D eigenvalue weighted by Crippen LogP contribution is -2.05. The molecule has 5 nitrogen and oxygen atoms in total. The molecule has 0 aliphatic rings. The largest absolute Gasteiger partial charge is 0.481 e.